The molecule has 1 amide bonds. The molecule has 4 aromatic carbocycles. The van der Waals surface area contributed by atoms with Crippen molar-refractivity contribution in [1.82, 2.24) is 10.3 Å². The lowest BCUT2D eigenvalue weighted by Crippen LogP contribution is -2.20. The summed E-state index contributed by atoms with van der Waals surface area (Å²) in [5.74, 6) is -0.0212. The molecule has 6 rings (SSSR count). The molecule has 1 unspecified atom stereocenters. The molecule has 44 heavy (non-hydrogen) atoms. The maximum absolute atomic E-state index is 13.7. The SMILES string of the molecule is CNC(=O)c1c(-c2ccc(F)cc2)oc2cc(N(C)S(=O)O)c(-c3ccc(OC)c(-c4nc5c(C#N)cccc5o4)c3)cc12. The third kappa shape index (κ3) is 4.84. The summed E-state index contributed by atoms with van der Waals surface area (Å²) >= 11 is -2.41. The number of anilines is 1. The smallest absolute Gasteiger partial charge is 0.261 e. The summed E-state index contributed by atoms with van der Waals surface area (Å²) < 4.78 is 54.9. The molecule has 0 saturated heterocycles. The number of nitriles is 1. The van der Waals surface area contributed by atoms with Crippen molar-refractivity contribution in [3.05, 3.63) is 89.7 Å². The molecule has 0 aliphatic heterocycles. The van der Waals surface area contributed by atoms with Crippen molar-refractivity contribution in [2.45, 2.75) is 0 Å². The minimum absolute atomic E-state index is 0.205. The quantitative estimate of drug-likeness (QED) is 0.194. The number of rotatable bonds is 7. The number of hydrogen-bond donors (Lipinski definition) is 2. The van der Waals surface area contributed by atoms with Crippen LogP contribution in [-0.4, -0.2) is 40.9 Å². The summed E-state index contributed by atoms with van der Waals surface area (Å²) in [6.07, 6.45) is 0. The highest BCUT2D eigenvalue weighted by Gasteiger charge is 2.26. The first-order valence-corrected chi connectivity index (χ1v) is 14.2. The topological polar surface area (TPSA) is 142 Å². The summed E-state index contributed by atoms with van der Waals surface area (Å²) in [6, 6.07) is 21.2. The zero-order chi connectivity index (χ0) is 31.1. The number of furan rings is 1. The number of fused-ring (bicyclic) bond motifs is 2. The zero-order valence-electron chi connectivity index (χ0n) is 23.5. The van der Waals surface area contributed by atoms with E-state index < -0.39 is 23.0 Å². The number of benzene rings is 4. The van der Waals surface area contributed by atoms with E-state index >= 15 is 0 Å². The fraction of sp³-hybridized carbons (Fsp3) is 0.0938. The van der Waals surface area contributed by atoms with E-state index in [2.05, 4.69) is 16.4 Å². The highest BCUT2D eigenvalue weighted by molar-refractivity contribution is 7.80. The summed E-state index contributed by atoms with van der Waals surface area (Å²) in [4.78, 5) is 17.7. The molecule has 0 spiro atoms. The zero-order valence-corrected chi connectivity index (χ0v) is 24.4. The van der Waals surface area contributed by atoms with Crippen molar-refractivity contribution in [1.29, 1.82) is 5.26 Å². The monoisotopic (exact) mass is 610 g/mol. The predicted octanol–water partition coefficient (Wildman–Crippen LogP) is 6.53. The van der Waals surface area contributed by atoms with Crippen LogP contribution in [0.2, 0.25) is 0 Å². The van der Waals surface area contributed by atoms with E-state index in [1.54, 1.807) is 48.5 Å². The maximum Gasteiger partial charge on any atom is 0.261 e. The summed E-state index contributed by atoms with van der Waals surface area (Å²) in [6.45, 7) is 0. The fourth-order valence-electron chi connectivity index (χ4n) is 5.06. The molecule has 0 aliphatic rings. The summed E-state index contributed by atoms with van der Waals surface area (Å²) in [5.41, 5.74) is 3.98. The molecule has 1 atom stereocenters. The molecule has 220 valence electrons. The van der Waals surface area contributed by atoms with Gasteiger partial charge in [0.25, 0.3) is 17.2 Å². The van der Waals surface area contributed by atoms with Gasteiger partial charge in [-0.25, -0.2) is 13.6 Å². The Morgan fingerprint density at radius 3 is 2.48 bits per heavy atom. The van der Waals surface area contributed by atoms with Crippen LogP contribution in [0.4, 0.5) is 10.1 Å². The predicted molar refractivity (Wildman–Crippen MR) is 164 cm³/mol. The van der Waals surface area contributed by atoms with Gasteiger partial charge in [-0.2, -0.15) is 5.26 Å². The molecule has 6 aromatic rings. The van der Waals surface area contributed by atoms with E-state index in [1.165, 1.54) is 45.5 Å². The van der Waals surface area contributed by atoms with E-state index in [9.17, 15) is 23.2 Å². The number of amides is 1. The van der Waals surface area contributed by atoms with Crippen molar-refractivity contribution in [3.63, 3.8) is 0 Å². The molecule has 0 bridgehead atoms. The Bertz CT molecular complexity index is 2150. The van der Waals surface area contributed by atoms with Crippen molar-refractivity contribution in [3.8, 4) is 45.7 Å². The molecular formula is C32H23FN4O6S. The molecule has 0 aliphatic carbocycles. The molecular weight excluding hydrogens is 587 g/mol. The van der Waals surface area contributed by atoms with Gasteiger partial charge in [-0.05, 0) is 60.2 Å². The number of methoxy groups -OCH3 is 1. The lowest BCUT2D eigenvalue weighted by atomic mass is 9.97. The van der Waals surface area contributed by atoms with Crippen LogP contribution in [-0.2, 0) is 11.3 Å². The maximum atomic E-state index is 13.7. The van der Waals surface area contributed by atoms with Gasteiger partial charge >= 0.3 is 0 Å². The van der Waals surface area contributed by atoms with Gasteiger partial charge in [0.15, 0.2) is 5.58 Å². The number of nitrogens with one attached hydrogen (secondary N) is 1. The van der Waals surface area contributed by atoms with Crippen LogP contribution in [0.5, 0.6) is 5.75 Å². The second-order valence-corrected chi connectivity index (χ2v) is 10.7. The van der Waals surface area contributed by atoms with E-state index in [1.807, 2.05) is 0 Å². The second-order valence-electron chi connectivity index (χ2n) is 9.68. The normalized spacial score (nSPS) is 11.8. The molecule has 2 N–H and O–H groups in total. The Morgan fingerprint density at radius 1 is 1.05 bits per heavy atom. The van der Waals surface area contributed by atoms with Gasteiger partial charge in [-0.3, -0.25) is 13.7 Å². The summed E-state index contributed by atoms with van der Waals surface area (Å²) in [5, 5.41) is 12.6. The van der Waals surface area contributed by atoms with Crippen LogP contribution >= 0.6 is 0 Å². The number of nitrogens with zero attached hydrogens (tertiary/aromatic N) is 3. The van der Waals surface area contributed by atoms with E-state index in [0.29, 0.717) is 55.7 Å². The van der Waals surface area contributed by atoms with Gasteiger partial charge in [0, 0.05) is 36.7 Å². The Morgan fingerprint density at radius 2 is 1.80 bits per heavy atom. The minimum atomic E-state index is -2.41. The lowest BCUT2D eigenvalue weighted by Gasteiger charge is -2.19. The Hall–Kier alpha value is -5.51. The van der Waals surface area contributed by atoms with Gasteiger partial charge in [-0.1, -0.05) is 12.1 Å². The van der Waals surface area contributed by atoms with Gasteiger partial charge in [0.2, 0.25) is 5.89 Å². The molecule has 2 aromatic heterocycles. The summed E-state index contributed by atoms with van der Waals surface area (Å²) in [7, 11) is 4.43. The number of para-hydroxylation sites is 1. The van der Waals surface area contributed by atoms with Crippen molar-refractivity contribution >= 4 is 44.9 Å². The van der Waals surface area contributed by atoms with E-state index in [-0.39, 0.29) is 22.8 Å². The number of oxazole rings is 1. The van der Waals surface area contributed by atoms with Gasteiger partial charge in [-0.15, -0.1) is 0 Å². The van der Waals surface area contributed by atoms with Crippen molar-refractivity contribution < 1.29 is 31.5 Å². The first-order chi connectivity index (χ1) is 21.2. The number of halogens is 1. The first kappa shape index (κ1) is 28.6. The van der Waals surface area contributed by atoms with Gasteiger partial charge in [0.05, 0.1) is 29.5 Å². The molecule has 10 nitrogen and oxygen atoms in total. The standard InChI is InChI=1S/C32H23FN4O6S/c1-35-31(38)28-22-14-21(24(37(2)44(39)40)15-27(22)42-30(28)17-7-10-20(33)11-8-17)18-9-12-25(41-3)23(13-18)32-36-29-19(16-34)5-4-6-26(29)43-32/h4-15H,1-3H3,(H,35,38)(H,39,40). The number of hydrogen-bond acceptors (Lipinski definition) is 7. The van der Waals surface area contributed by atoms with Crippen LogP contribution in [0.15, 0.2) is 81.6 Å². The van der Waals surface area contributed by atoms with Gasteiger partial charge in [0.1, 0.15) is 34.5 Å². The molecule has 0 radical (unpaired) electrons. The minimum Gasteiger partial charge on any atom is -0.496 e. The number of ether oxygens (including phenoxy) is 1. The molecule has 0 saturated carbocycles. The number of carbonyl (C=O) groups excluding carboxylic acids is 1. The lowest BCUT2D eigenvalue weighted by molar-refractivity contribution is 0.0964. The molecule has 12 heteroatoms. The highest BCUT2D eigenvalue weighted by atomic mass is 32.2. The first-order valence-electron chi connectivity index (χ1n) is 13.2. The number of aromatic nitrogens is 1. The van der Waals surface area contributed by atoms with Crippen molar-refractivity contribution in [2.24, 2.45) is 0 Å². The Labute approximate surface area is 252 Å². The van der Waals surface area contributed by atoms with Crippen LogP contribution in [0.25, 0.3) is 56.0 Å². The average molecular weight is 611 g/mol. The van der Waals surface area contributed by atoms with Crippen LogP contribution in [0.3, 0.4) is 0 Å². The average Bonchev–Trinajstić information content (AvgIpc) is 3.65. The van der Waals surface area contributed by atoms with E-state index in [4.69, 9.17) is 13.6 Å². The van der Waals surface area contributed by atoms with Crippen LogP contribution < -0.4 is 14.4 Å². The molecule has 2 heterocycles. The highest BCUT2D eigenvalue weighted by Crippen LogP contribution is 2.43. The second kappa shape index (κ2) is 11.3. The van der Waals surface area contributed by atoms with Gasteiger partial charge < -0.3 is 18.9 Å². The Kier molecular flexibility index (Phi) is 7.34. The third-order valence-corrected chi connectivity index (χ3v) is 7.89. The fourth-order valence-corrected chi connectivity index (χ4v) is 5.38. The van der Waals surface area contributed by atoms with E-state index in [0.717, 1.165) is 4.31 Å². The van der Waals surface area contributed by atoms with Crippen LogP contribution in [0.1, 0.15) is 15.9 Å². The largest absolute Gasteiger partial charge is 0.496 e. The van der Waals surface area contributed by atoms with Crippen molar-refractivity contribution in [2.75, 3.05) is 25.5 Å². The Balaban J connectivity index is 1.62. The molecule has 0 fully saturated rings. The third-order valence-electron chi connectivity index (χ3n) is 7.22. The number of carbonyl (C=O) groups is 1. The van der Waals surface area contributed by atoms with Crippen LogP contribution in [0, 0.1) is 17.1 Å².